The van der Waals surface area contributed by atoms with Gasteiger partial charge in [0.1, 0.15) is 11.5 Å². The van der Waals surface area contributed by atoms with Crippen molar-refractivity contribution in [1.82, 2.24) is 0 Å². The smallest absolute Gasteiger partial charge is 0.265 e. The molecule has 0 aliphatic rings. The predicted molar refractivity (Wildman–Crippen MR) is 92.2 cm³/mol. The number of nitrogens with one attached hydrogen (secondary N) is 1. The fraction of sp³-hybridized carbons (Fsp3) is 0.316. The second-order valence-electron chi connectivity index (χ2n) is 5.67. The molecule has 0 saturated carbocycles. The number of methoxy groups -OCH3 is 1. The van der Waals surface area contributed by atoms with Gasteiger partial charge in [-0.05, 0) is 48.7 Å². The second-order valence-corrected chi connectivity index (χ2v) is 5.67. The molecular weight excluding hydrogens is 290 g/mol. The van der Waals surface area contributed by atoms with Crippen molar-refractivity contribution in [3.8, 4) is 11.5 Å². The first-order valence-electron chi connectivity index (χ1n) is 7.71. The fourth-order valence-electron chi connectivity index (χ4n) is 2.26. The maximum Gasteiger partial charge on any atom is 0.265 e. The number of hydrogen-bond donors (Lipinski definition) is 1. The van der Waals surface area contributed by atoms with Gasteiger partial charge in [-0.25, -0.2) is 0 Å². The maximum absolute atomic E-state index is 12.4. The van der Waals surface area contributed by atoms with Crippen LogP contribution >= 0.6 is 0 Å². The molecule has 1 amide bonds. The third-order valence-corrected chi connectivity index (χ3v) is 3.58. The minimum absolute atomic E-state index is 0.172. The van der Waals surface area contributed by atoms with Gasteiger partial charge in [0.2, 0.25) is 0 Å². The van der Waals surface area contributed by atoms with Crippen molar-refractivity contribution in [2.75, 3.05) is 12.4 Å². The Hall–Kier alpha value is -2.49. The van der Waals surface area contributed by atoms with Gasteiger partial charge in [-0.3, -0.25) is 4.79 Å². The summed E-state index contributed by atoms with van der Waals surface area (Å²) in [5.74, 6) is 1.55. The van der Waals surface area contributed by atoms with Crippen LogP contribution in [0.5, 0.6) is 11.5 Å². The maximum atomic E-state index is 12.4. The number of para-hydroxylation sites is 1. The zero-order chi connectivity index (χ0) is 16.8. The summed E-state index contributed by atoms with van der Waals surface area (Å²) in [7, 11) is 1.61. The highest BCUT2D eigenvalue weighted by Crippen LogP contribution is 2.24. The van der Waals surface area contributed by atoms with Crippen molar-refractivity contribution in [3.05, 3.63) is 54.1 Å². The van der Waals surface area contributed by atoms with Crippen molar-refractivity contribution in [2.24, 2.45) is 0 Å². The van der Waals surface area contributed by atoms with Crippen LogP contribution in [-0.2, 0) is 4.79 Å². The van der Waals surface area contributed by atoms with E-state index in [1.165, 1.54) is 0 Å². The lowest BCUT2D eigenvalue weighted by Crippen LogP contribution is -2.30. The zero-order valence-corrected chi connectivity index (χ0v) is 14.0. The zero-order valence-electron chi connectivity index (χ0n) is 14.0. The van der Waals surface area contributed by atoms with E-state index in [2.05, 4.69) is 19.2 Å². The van der Waals surface area contributed by atoms with Gasteiger partial charge in [-0.15, -0.1) is 0 Å². The van der Waals surface area contributed by atoms with Gasteiger partial charge in [-0.2, -0.15) is 0 Å². The normalized spacial score (nSPS) is 11.9. The lowest BCUT2D eigenvalue weighted by atomic mass is 10.0. The Balaban J connectivity index is 2.02. The average Bonchev–Trinajstić information content (AvgIpc) is 2.55. The number of carbonyl (C=O) groups is 1. The van der Waals surface area contributed by atoms with E-state index in [0.717, 1.165) is 17.0 Å². The summed E-state index contributed by atoms with van der Waals surface area (Å²) in [6.07, 6.45) is -0.594. The summed E-state index contributed by atoms with van der Waals surface area (Å²) in [5.41, 5.74) is 1.94. The Morgan fingerprint density at radius 3 is 2.17 bits per heavy atom. The first kappa shape index (κ1) is 16.9. The van der Waals surface area contributed by atoms with Gasteiger partial charge in [0.15, 0.2) is 6.10 Å². The molecule has 0 heterocycles. The van der Waals surface area contributed by atoms with E-state index in [1.807, 2.05) is 24.3 Å². The number of carbonyl (C=O) groups excluding carboxylic acids is 1. The molecule has 2 rings (SSSR count). The number of ether oxygens (including phenoxy) is 2. The van der Waals surface area contributed by atoms with Gasteiger partial charge in [-0.1, -0.05) is 32.0 Å². The molecular formula is C19H23NO3. The average molecular weight is 313 g/mol. The number of amides is 1. The van der Waals surface area contributed by atoms with E-state index in [0.29, 0.717) is 11.7 Å². The van der Waals surface area contributed by atoms with Gasteiger partial charge in [0.05, 0.1) is 7.11 Å². The van der Waals surface area contributed by atoms with Crippen LogP contribution in [0.25, 0.3) is 0 Å². The highest BCUT2D eigenvalue weighted by atomic mass is 16.5. The van der Waals surface area contributed by atoms with Gasteiger partial charge in [0.25, 0.3) is 5.91 Å². The van der Waals surface area contributed by atoms with E-state index in [4.69, 9.17) is 9.47 Å². The molecule has 0 aliphatic heterocycles. The van der Waals surface area contributed by atoms with E-state index < -0.39 is 6.10 Å². The molecule has 23 heavy (non-hydrogen) atoms. The number of anilines is 1. The number of rotatable bonds is 6. The van der Waals surface area contributed by atoms with Crippen LogP contribution in [0.15, 0.2) is 48.5 Å². The first-order chi connectivity index (χ1) is 11.0. The number of hydrogen-bond acceptors (Lipinski definition) is 3. The van der Waals surface area contributed by atoms with Crippen molar-refractivity contribution in [2.45, 2.75) is 32.8 Å². The number of benzene rings is 2. The lowest BCUT2D eigenvalue weighted by molar-refractivity contribution is -0.122. The van der Waals surface area contributed by atoms with Crippen molar-refractivity contribution >= 4 is 11.6 Å². The Bertz CT molecular complexity index is 650. The molecule has 0 fully saturated rings. The predicted octanol–water partition coefficient (Wildman–Crippen LogP) is 4.22. The fourth-order valence-corrected chi connectivity index (χ4v) is 2.26. The summed E-state index contributed by atoms with van der Waals surface area (Å²) < 4.78 is 10.8. The third kappa shape index (κ3) is 4.49. The third-order valence-electron chi connectivity index (χ3n) is 3.58. The molecule has 0 aliphatic carbocycles. The molecule has 0 bridgehead atoms. The standard InChI is InChI=1S/C19H23NO3/c1-13(2)17-7-5-6-8-18(17)20-19(21)14(3)23-16-11-9-15(22-4)10-12-16/h5-14H,1-4H3,(H,20,21)/t14-/m1/s1. The summed E-state index contributed by atoms with van der Waals surface area (Å²) in [5, 5.41) is 2.95. The van der Waals surface area contributed by atoms with Crippen molar-refractivity contribution in [3.63, 3.8) is 0 Å². The second kappa shape index (κ2) is 7.68. The molecule has 0 saturated heterocycles. The van der Waals surface area contributed by atoms with Crippen LogP contribution in [0.1, 0.15) is 32.3 Å². The minimum Gasteiger partial charge on any atom is -0.497 e. The van der Waals surface area contributed by atoms with Crippen LogP contribution in [0.2, 0.25) is 0 Å². The molecule has 2 aromatic rings. The Morgan fingerprint density at radius 2 is 1.57 bits per heavy atom. The highest BCUT2D eigenvalue weighted by molar-refractivity contribution is 5.94. The summed E-state index contributed by atoms with van der Waals surface area (Å²) in [4.78, 5) is 12.4. The first-order valence-corrected chi connectivity index (χ1v) is 7.71. The van der Waals surface area contributed by atoms with Gasteiger partial charge >= 0.3 is 0 Å². The van der Waals surface area contributed by atoms with Crippen LogP contribution in [0.4, 0.5) is 5.69 Å². The molecule has 4 heteroatoms. The van der Waals surface area contributed by atoms with Crippen LogP contribution in [0.3, 0.4) is 0 Å². The molecule has 122 valence electrons. The van der Waals surface area contributed by atoms with Gasteiger partial charge < -0.3 is 14.8 Å². The van der Waals surface area contributed by atoms with Crippen LogP contribution in [-0.4, -0.2) is 19.1 Å². The molecule has 4 nitrogen and oxygen atoms in total. The summed E-state index contributed by atoms with van der Waals surface area (Å²) >= 11 is 0. The summed E-state index contributed by atoms with van der Waals surface area (Å²) in [6.45, 7) is 5.93. The SMILES string of the molecule is COc1ccc(O[C@H](C)C(=O)Nc2ccccc2C(C)C)cc1. The van der Waals surface area contributed by atoms with E-state index in [9.17, 15) is 4.79 Å². The Labute approximate surface area is 137 Å². The quantitative estimate of drug-likeness (QED) is 0.868. The summed E-state index contributed by atoms with van der Waals surface area (Å²) in [6, 6.07) is 15.0. The van der Waals surface area contributed by atoms with E-state index in [1.54, 1.807) is 38.3 Å². The van der Waals surface area contributed by atoms with Crippen molar-refractivity contribution < 1.29 is 14.3 Å². The molecule has 0 radical (unpaired) electrons. The molecule has 1 atom stereocenters. The van der Waals surface area contributed by atoms with E-state index >= 15 is 0 Å². The van der Waals surface area contributed by atoms with Crippen LogP contribution < -0.4 is 14.8 Å². The van der Waals surface area contributed by atoms with Crippen molar-refractivity contribution in [1.29, 1.82) is 0 Å². The van der Waals surface area contributed by atoms with Crippen LogP contribution in [0, 0.1) is 0 Å². The van der Waals surface area contributed by atoms with E-state index in [-0.39, 0.29) is 5.91 Å². The monoisotopic (exact) mass is 313 g/mol. The largest absolute Gasteiger partial charge is 0.497 e. The minimum atomic E-state index is -0.594. The van der Waals surface area contributed by atoms with Gasteiger partial charge in [0, 0.05) is 5.69 Å². The molecule has 0 aromatic heterocycles. The molecule has 0 spiro atoms. The molecule has 1 N–H and O–H groups in total. The molecule has 2 aromatic carbocycles. The lowest BCUT2D eigenvalue weighted by Gasteiger charge is -2.18. The Kier molecular flexibility index (Phi) is 5.63. The molecule has 0 unspecified atom stereocenters. The Morgan fingerprint density at radius 1 is 0.957 bits per heavy atom. The topological polar surface area (TPSA) is 47.6 Å². The highest BCUT2D eigenvalue weighted by Gasteiger charge is 2.17.